The largest absolute Gasteiger partial charge is 0.434 e. The molecule has 5 nitrogen and oxygen atoms in total. The van der Waals surface area contributed by atoms with Crippen LogP contribution in [-0.4, -0.2) is 28.1 Å². The Morgan fingerprint density at radius 2 is 2.14 bits per heavy atom. The van der Waals surface area contributed by atoms with Crippen molar-refractivity contribution in [2.45, 2.75) is 32.5 Å². The second kappa shape index (κ2) is 7.74. The van der Waals surface area contributed by atoms with Gasteiger partial charge in [0, 0.05) is 11.8 Å². The molecule has 0 fully saturated rings. The summed E-state index contributed by atoms with van der Waals surface area (Å²) < 4.78 is 31.2. The van der Waals surface area contributed by atoms with Crippen molar-refractivity contribution in [3.63, 3.8) is 0 Å². The third-order valence-corrected chi connectivity index (χ3v) is 3.22. The summed E-state index contributed by atoms with van der Waals surface area (Å²) in [5, 5.41) is 16.2. The first-order valence-electron chi connectivity index (χ1n) is 7.07. The number of nitrogens with one attached hydrogen (secondary N) is 1. The normalized spacial score (nSPS) is 12.4. The molecule has 7 heteroatoms. The van der Waals surface area contributed by atoms with E-state index in [1.54, 1.807) is 35.3 Å². The number of ether oxygens (including phenoxy) is 1. The maximum absolute atomic E-state index is 12.5. The Bertz CT molecular complexity index is 590. The molecule has 1 unspecified atom stereocenters. The molecule has 22 heavy (non-hydrogen) atoms. The van der Waals surface area contributed by atoms with Gasteiger partial charge in [0.25, 0.3) is 0 Å². The molecule has 2 N–H and O–H groups in total. The maximum atomic E-state index is 12.5. The van der Waals surface area contributed by atoms with Crippen molar-refractivity contribution in [2.75, 3.05) is 11.9 Å². The van der Waals surface area contributed by atoms with Crippen LogP contribution >= 0.6 is 0 Å². The van der Waals surface area contributed by atoms with Gasteiger partial charge in [0.1, 0.15) is 5.75 Å². The molecule has 120 valence electrons. The molecular formula is C15H19F2N3O2. The molecule has 1 aromatic carbocycles. The summed E-state index contributed by atoms with van der Waals surface area (Å²) in [5.74, 6) is 0.166. The van der Waals surface area contributed by atoms with E-state index >= 15 is 0 Å². The van der Waals surface area contributed by atoms with Gasteiger partial charge >= 0.3 is 6.61 Å². The molecule has 1 atom stereocenters. The highest BCUT2D eigenvalue weighted by Gasteiger charge is 2.17. The monoisotopic (exact) mass is 311 g/mol. The first-order chi connectivity index (χ1) is 10.6. The van der Waals surface area contributed by atoms with Gasteiger partial charge in [0.2, 0.25) is 0 Å². The molecule has 1 heterocycles. The number of hydrogen-bond donors (Lipinski definition) is 2. The first-order valence-corrected chi connectivity index (χ1v) is 7.07. The summed E-state index contributed by atoms with van der Waals surface area (Å²) in [4.78, 5) is 0. The Hall–Kier alpha value is -2.15. The van der Waals surface area contributed by atoms with Crippen LogP contribution in [0.5, 0.6) is 5.75 Å². The van der Waals surface area contributed by atoms with Crippen molar-refractivity contribution in [3.8, 4) is 5.75 Å². The fourth-order valence-electron chi connectivity index (χ4n) is 2.24. The number of alkyl halides is 2. The number of hydrogen-bond acceptors (Lipinski definition) is 4. The number of aliphatic hydroxyl groups is 1. The van der Waals surface area contributed by atoms with Crippen LogP contribution < -0.4 is 10.1 Å². The zero-order valence-corrected chi connectivity index (χ0v) is 12.2. The predicted molar refractivity (Wildman–Crippen MR) is 79.0 cm³/mol. The van der Waals surface area contributed by atoms with E-state index in [1.807, 2.05) is 6.92 Å². The predicted octanol–water partition coefficient (Wildman–Crippen LogP) is 3.04. The number of halogens is 2. The van der Waals surface area contributed by atoms with Gasteiger partial charge in [-0.3, -0.25) is 4.68 Å². The molecule has 0 spiro atoms. The second-order valence-electron chi connectivity index (χ2n) is 4.74. The molecule has 0 radical (unpaired) electrons. The summed E-state index contributed by atoms with van der Waals surface area (Å²) in [5.41, 5.74) is 1.42. The number of nitrogens with zero attached hydrogens (tertiary/aromatic N) is 2. The number of rotatable bonds is 8. The molecule has 0 amide bonds. The van der Waals surface area contributed by atoms with Crippen LogP contribution in [0.2, 0.25) is 0 Å². The van der Waals surface area contributed by atoms with Crippen molar-refractivity contribution >= 4 is 5.69 Å². The number of aromatic nitrogens is 2. The summed E-state index contributed by atoms with van der Waals surface area (Å²) in [6, 6.07) is 6.56. The summed E-state index contributed by atoms with van der Waals surface area (Å²) >= 11 is 0. The SMILES string of the molecule is CCC(Nc1cnn(CCO)c1)c1ccccc1OC(F)F. The minimum atomic E-state index is -2.86. The lowest BCUT2D eigenvalue weighted by Crippen LogP contribution is -2.13. The lowest BCUT2D eigenvalue weighted by atomic mass is 10.0. The van der Waals surface area contributed by atoms with Gasteiger partial charge in [-0.05, 0) is 12.5 Å². The maximum Gasteiger partial charge on any atom is 0.387 e. The molecule has 0 saturated carbocycles. The minimum Gasteiger partial charge on any atom is -0.434 e. The van der Waals surface area contributed by atoms with Crippen LogP contribution in [0.15, 0.2) is 36.7 Å². The van der Waals surface area contributed by atoms with Gasteiger partial charge in [0.05, 0.1) is 31.1 Å². The summed E-state index contributed by atoms with van der Waals surface area (Å²) in [6.45, 7) is -0.493. The lowest BCUT2D eigenvalue weighted by Gasteiger charge is -2.20. The van der Waals surface area contributed by atoms with Crippen molar-refractivity contribution in [1.82, 2.24) is 9.78 Å². The van der Waals surface area contributed by atoms with Crippen LogP contribution in [0.25, 0.3) is 0 Å². The van der Waals surface area contributed by atoms with Crippen molar-refractivity contribution in [1.29, 1.82) is 0 Å². The van der Waals surface area contributed by atoms with Crippen LogP contribution in [0, 0.1) is 0 Å². The summed E-state index contributed by atoms with van der Waals surface area (Å²) in [6.07, 6.45) is 4.08. The highest BCUT2D eigenvalue weighted by Crippen LogP contribution is 2.30. The first kappa shape index (κ1) is 16.2. The van der Waals surface area contributed by atoms with Gasteiger partial charge < -0.3 is 15.2 Å². The number of benzene rings is 1. The number of anilines is 1. The van der Waals surface area contributed by atoms with Gasteiger partial charge in [-0.15, -0.1) is 0 Å². The van der Waals surface area contributed by atoms with Crippen molar-refractivity contribution < 1.29 is 18.6 Å². The minimum absolute atomic E-state index is 0.00336. The Kier molecular flexibility index (Phi) is 5.71. The topological polar surface area (TPSA) is 59.3 Å². The molecule has 0 bridgehead atoms. The Balaban J connectivity index is 2.17. The van der Waals surface area contributed by atoms with E-state index in [0.717, 1.165) is 5.69 Å². The van der Waals surface area contributed by atoms with Crippen molar-refractivity contribution in [3.05, 3.63) is 42.2 Å². The van der Waals surface area contributed by atoms with E-state index < -0.39 is 6.61 Å². The van der Waals surface area contributed by atoms with Crippen LogP contribution in [0.1, 0.15) is 24.9 Å². The smallest absolute Gasteiger partial charge is 0.387 e. The van der Waals surface area contributed by atoms with Gasteiger partial charge in [0.15, 0.2) is 0 Å². The Morgan fingerprint density at radius 1 is 1.36 bits per heavy atom. The molecule has 0 aliphatic carbocycles. The van der Waals surface area contributed by atoms with Gasteiger partial charge in [-0.25, -0.2) is 0 Å². The van der Waals surface area contributed by atoms with E-state index in [4.69, 9.17) is 5.11 Å². The molecule has 0 aliphatic rings. The van der Waals surface area contributed by atoms with Crippen LogP contribution in [-0.2, 0) is 6.54 Å². The Labute approximate surface area is 127 Å². The van der Waals surface area contributed by atoms with E-state index in [2.05, 4.69) is 15.2 Å². The summed E-state index contributed by atoms with van der Waals surface area (Å²) in [7, 11) is 0. The van der Waals surface area contributed by atoms with Crippen LogP contribution in [0.4, 0.5) is 14.5 Å². The number of para-hydroxylation sites is 1. The third kappa shape index (κ3) is 4.17. The highest BCUT2D eigenvalue weighted by molar-refractivity contribution is 5.45. The molecule has 2 rings (SSSR count). The average molecular weight is 311 g/mol. The number of aliphatic hydroxyl groups excluding tert-OH is 1. The fraction of sp³-hybridized carbons (Fsp3) is 0.400. The van der Waals surface area contributed by atoms with Gasteiger partial charge in [-0.1, -0.05) is 25.1 Å². The van der Waals surface area contributed by atoms with E-state index in [0.29, 0.717) is 18.5 Å². The average Bonchev–Trinajstić information content (AvgIpc) is 2.93. The molecular weight excluding hydrogens is 292 g/mol. The van der Waals surface area contributed by atoms with E-state index in [9.17, 15) is 8.78 Å². The fourth-order valence-corrected chi connectivity index (χ4v) is 2.24. The third-order valence-electron chi connectivity index (χ3n) is 3.22. The Morgan fingerprint density at radius 3 is 2.82 bits per heavy atom. The van der Waals surface area contributed by atoms with Gasteiger partial charge in [-0.2, -0.15) is 13.9 Å². The lowest BCUT2D eigenvalue weighted by molar-refractivity contribution is -0.0505. The second-order valence-corrected chi connectivity index (χ2v) is 4.74. The van der Waals surface area contributed by atoms with Crippen LogP contribution in [0.3, 0.4) is 0 Å². The van der Waals surface area contributed by atoms with E-state index in [-0.39, 0.29) is 18.4 Å². The zero-order chi connectivity index (χ0) is 15.9. The molecule has 1 aromatic heterocycles. The standard InChI is InChI=1S/C15H19F2N3O2/c1-2-13(19-11-9-18-20(10-11)7-8-21)12-5-3-4-6-14(12)22-15(16)17/h3-6,9-10,13,15,19,21H,2,7-8H2,1H3. The zero-order valence-electron chi connectivity index (χ0n) is 12.2. The van der Waals surface area contributed by atoms with Crippen molar-refractivity contribution in [2.24, 2.45) is 0 Å². The quantitative estimate of drug-likeness (QED) is 0.787. The highest BCUT2D eigenvalue weighted by atomic mass is 19.3. The molecule has 0 saturated heterocycles. The molecule has 2 aromatic rings. The van der Waals surface area contributed by atoms with E-state index in [1.165, 1.54) is 6.07 Å². The molecule has 0 aliphatic heterocycles.